The van der Waals surface area contributed by atoms with Crippen molar-refractivity contribution in [2.75, 3.05) is 18.0 Å². The van der Waals surface area contributed by atoms with E-state index in [1.165, 1.54) is 36.1 Å². The van der Waals surface area contributed by atoms with Crippen LogP contribution in [0.4, 0.5) is 5.69 Å². The lowest BCUT2D eigenvalue weighted by atomic mass is 9.79. The molecule has 2 nitrogen and oxygen atoms in total. The fourth-order valence-electron chi connectivity index (χ4n) is 3.92. The maximum atomic E-state index is 3.55. The summed E-state index contributed by atoms with van der Waals surface area (Å²) in [5.74, 6) is 0.642. The molecule has 0 spiro atoms. The molecule has 124 valence electrons. The van der Waals surface area contributed by atoms with Crippen LogP contribution in [0, 0.1) is 6.92 Å². The zero-order valence-electron chi connectivity index (χ0n) is 15.4. The molecule has 0 fully saturated rings. The fraction of sp³-hybridized carbons (Fsp3) is 0.700. The molecular formula is C20H34N2. The molecule has 0 saturated carbocycles. The lowest BCUT2D eigenvalue weighted by molar-refractivity contribution is 0.376. The van der Waals surface area contributed by atoms with Crippen molar-refractivity contribution in [1.82, 2.24) is 5.32 Å². The second-order valence-electron chi connectivity index (χ2n) is 7.58. The molecule has 0 bridgehead atoms. The summed E-state index contributed by atoms with van der Waals surface area (Å²) < 4.78 is 0. The molecule has 0 aliphatic carbocycles. The SMILES string of the molecule is CCCNCc1cc2c(cc1C)N(CCC)C(C)(C)C[C@@H]2C. The van der Waals surface area contributed by atoms with Gasteiger partial charge in [0.15, 0.2) is 0 Å². The van der Waals surface area contributed by atoms with Crippen LogP contribution in [0.25, 0.3) is 0 Å². The first-order valence-corrected chi connectivity index (χ1v) is 9.02. The zero-order valence-corrected chi connectivity index (χ0v) is 15.4. The van der Waals surface area contributed by atoms with Gasteiger partial charge in [-0.3, -0.25) is 0 Å². The summed E-state index contributed by atoms with van der Waals surface area (Å²) in [5.41, 5.74) is 6.18. The van der Waals surface area contributed by atoms with Crippen LogP contribution < -0.4 is 10.2 Å². The van der Waals surface area contributed by atoms with Crippen molar-refractivity contribution < 1.29 is 0 Å². The number of aryl methyl sites for hydroxylation is 1. The Kier molecular flexibility index (Phi) is 5.55. The Morgan fingerprint density at radius 3 is 2.59 bits per heavy atom. The predicted octanol–water partition coefficient (Wildman–Crippen LogP) is 5.00. The van der Waals surface area contributed by atoms with E-state index in [4.69, 9.17) is 0 Å². The third-order valence-electron chi connectivity index (χ3n) is 5.03. The van der Waals surface area contributed by atoms with Gasteiger partial charge in [-0.15, -0.1) is 0 Å². The molecule has 1 heterocycles. The van der Waals surface area contributed by atoms with Crippen LogP contribution in [0.1, 0.15) is 76.5 Å². The van der Waals surface area contributed by atoms with E-state index in [2.05, 4.69) is 63.9 Å². The van der Waals surface area contributed by atoms with E-state index in [-0.39, 0.29) is 5.54 Å². The molecule has 0 saturated heterocycles. The van der Waals surface area contributed by atoms with Crippen molar-refractivity contribution in [3.05, 3.63) is 28.8 Å². The maximum Gasteiger partial charge on any atom is 0.0408 e. The molecule has 2 heteroatoms. The summed E-state index contributed by atoms with van der Waals surface area (Å²) >= 11 is 0. The molecular weight excluding hydrogens is 268 g/mol. The molecule has 0 unspecified atom stereocenters. The Hall–Kier alpha value is -1.02. The highest BCUT2D eigenvalue weighted by atomic mass is 15.2. The summed E-state index contributed by atoms with van der Waals surface area (Å²) in [4.78, 5) is 2.64. The molecule has 2 rings (SSSR count). The molecule has 0 radical (unpaired) electrons. The summed E-state index contributed by atoms with van der Waals surface area (Å²) in [7, 11) is 0. The molecule has 1 aromatic rings. The quantitative estimate of drug-likeness (QED) is 0.744. The Morgan fingerprint density at radius 1 is 1.23 bits per heavy atom. The van der Waals surface area contributed by atoms with E-state index in [1.807, 2.05) is 0 Å². The van der Waals surface area contributed by atoms with Crippen molar-refractivity contribution in [2.24, 2.45) is 0 Å². The van der Waals surface area contributed by atoms with Crippen molar-refractivity contribution in [3.8, 4) is 0 Å². The van der Waals surface area contributed by atoms with Crippen LogP contribution in [0.15, 0.2) is 12.1 Å². The zero-order chi connectivity index (χ0) is 16.3. The lowest BCUT2D eigenvalue weighted by Gasteiger charge is -2.48. The molecule has 1 N–H and O–H groups in total. The highest BCUT2D eigenvalue weighted by Crippen LogP contribution is 2.44. The predicted molar refractivity (Wildman–Crippen MR) is 97.9 cm³/mol. The van der Waals surface area contributed by atoms with E-state index < -0.39 is 0 Å². The normalized spacial score (nSPS) is 20.1. The number of rotatable bonds is 6. The molecule has 0 aromatic heterocycles. The number of nitrogens with one attached hydrogen (secondary N) is 1. The van der Waals surface area contributed by atoms with Crippen LogP contribution in [0.3, 0.4) is 0 Å². The van der Waals surface area contributed by atoms with E-state index in [9.17, 15) is 0 Å². The molecule has 1 aromatic carbocycles. The number of anilines is 1. The lowest BCUT2D eigenvalue weighted by Crippen LogP contribution is -2.48. The van der Waals surface area contributed by atoms with Gasteiger partial charge < -0.3 is 10.2 Å². The smallest absolute Gasteiger partial charge is 0.0408 e. The minimum absolute atomic E-state index is 0.261. The van der Waals surface area contributed by atoms with Crippen molar-refractivity contribution >= 4 is 5.69 Å². The van der Waals surface area contributed by atoms with E-state index in [1.54, 1.807) is 5.56 Å². The average Bonchev–Trinajstić information content (AvgIpc) is 2.44. The highest BCUT2D eigenvalue weighted by molar-refractivity contribution is 5.62. The number of hydrogen-bond donors (Lipinski definition) is 1. The summed E-state index contributed by atoms with van der Waals surface area (Å²) in [6.07, 6.45) is 3.64. The number of benzene rings is 1. The Bertz CT molecular complexity index is 505. The van der Waals surface area contributed by atoms with Crippen LogP contribution >= 0.6 is 0 Å². The van der Waals surface area contributed by atoms with Crippen LogP contribution in [-0.4, -0.2) is 18.6 Å². The first-order valence-electron chi connectivity index (χ1n) is 9.02. The average molecular weight is 303 g/mol. The minimum Gasteiger partial charge on any atom is -0.366 e. The topological polar surface area (TPSA) is 15.3 Å². The van der Waals surface area contributed by atoms with Gasteiger partial charge in [0.2, 0.25) is 0 Å². The number of fused-ring (bicyclic) bond motifs is 1. The first-order chi connectivity index (χ1) is 10.4. The molecule has 1 aliphatic heterocycles. The van der Waals surface area contributed by atoms with Crippen molar-refractivity contribution in [3.63, 3.8) is 0 Å². The van der Waals surface area contributed by atoms with Gasteiger partial charge in [0.25, 0.3) is 0 Å². The number of nitrogens with zero attached hydrogens (tertiary/aromatic N) is 1. The summed E-state index contributed by atoms with van der Waals surface area (Å²) in [6, 6.07) is 4.90. The number of hydrogen-bond acceptors (Lipinski definition) is 2. The summed E-state index contributed by atoms with van der Waals surface area (Å²) in [6.45, 7) is 17.2. The molecule has 1 atom stereocenters. The van der Waals surface area contributed by atoms with Gasteiger partial charge in [-0.25, -0.2) is 0 Å². The standard InChI is InChI=1S/C20H34N2/c1-7-9-21-14-17-12-18-16(4)13-20(5,6)22(10-8-2)19(18)11-15(17)3/h11-12,16,21H,7-10,13-14H2,1-6H3/t16-/m0/s1. The third-order valence-corrected chi connectivity index (χ3v) is 5.03. The third kappa shape index (κ3) is 3.48. The van der Waals surface area contributed by atoms with Crippen molar-refractivity contribution in [1.29, 1.82) is 0 Å². The Morgan fingerprint density at radius 2 is 1.95 bits per heavy atom. The first kappa shape index (κ1) is 17.3. The largest absolute Gasteiger partial charge is 0.366 e. The van der Waals surface area contributed by atoms with E-state index in [0.717, 1.165) is 19.6 Å². The van der Waals surface area contributed by atoms with Gasteiger partial charge in [-0.1, -0.05) is 26.8 Å². The van der Waals surface area contributed by atoms with Gasteiger partial charge in [0.05, 0.1) is 0 Å². The van der Waals surface area contributed by atoms with Gasteiger partial charge >= 0.3 is 0 Å². The van der Waals surface area contributed by atoms with Gasteiger partial charge in [0, 0.05) is 24.3 Å². The maximum absolute atomic E-state index is 3.55. The van der Waals surface area contributed by atoms with Crippen LogP contribution in [0.5, 0.6) is 0 Å². The van der Waals surface area contributed by atoms with Crippen LogP contribution in [-0.2, 0) is 6.54 Å². The summed E-state index contributed by atoms with van der Waals surface area (Å²) in [5, 5.41) is 3.55. The second kappa shape index (κ2) is 7.04. The highest BCUT2D eigenvalue weighted by Gasteiger charge is 2.36. The van der Waals surface area contributed by atoms with Gasteiger partial charge in [-0.2, -0.15) is 0 Å². The van der Waals surface area contributed by atoms with E-state index in [0.29, 0.717) is 5.92 Å². The monoisotopic (exact) mass is 302 g/mol. The Balaban J connectivity index is 2.37. The van der Waals surface area contributed by atoms with Crippen LogP contribution in [0.2, 0.25) is 0 Å². The second-order valence-corrected chi connectivity index (χ2v) is 7.58. The van der Waals surface area contributed by atoms with Crippen molar-refractivity contribution in [2.45, 2.75) is 78.8 Å². The van der Waals surface area contributed by atoms with E-state index >= 15 is 0 Å². The molecule has 0 amide bonds. The molecule has 1 aliphatic rings. The van der Waals surface area contributed by atoms with Gasteiger partial charge in [0.1, 0.15) is 0 Å². The molecule has 22 heavy (non-hydrogen) atoms. The van der Waals surface area contributed by atoms with Gasteiger partial charge in [-0.05, 0) is 75.3 Å². The fourth-order valence-corrected chi connectivity index (χ4v) is 3.92. The Labute approximate surface area is 137 Å². The minimum atomic E-state index is 0.261.